The maximum atomic E-state index is 13.1. The van der Waals surface area contributed by atoms with Crippen LogP contribution in [0.5, 0.6) is 0 Å². The van der Waals surface area contributed by atoms with Gasteiger partial charge in [-0.25, -0.2) is 14.3 Å². The van der Waals surface area contributed by atoms with Gasteiger partial charge in [-0.3, -0.25) is 19.3 Å². The third kappa shape index (κ3) is 5.05. The van der Waals surface area contributed by atoms with E-state index in [4.69, 9.17) is 16.4 Å². The number of pyridine rings is 1. The van der Waals surface area contributed by atoms with E-state index >= 15 is 0 Å². The average molecular weight is 552 g/mol. The molecule has 4 rings (SSSR count). The van der Waals surface area contributed by atoms with Gasteiger partial charge in [-0.05, 0) is 6.92 Å². The van der Waals surface area contributed by atoms with Crippen LogP contribution in [0.1, 0.15) is 12.6 Å². The van der Waals surface area contributed by atoms with Gasteiger partial charge in [0.25, 0.3) is 11.8 Å². The first-order chi connectivity index (χ1) is 17.3. The van der Waals surface area contributed by atoms with Gasteiger partial charge in [0.15, 0.2) is 29.8 Å². The van der Waals surface area contributed by atoms with Gasteiger partial charge in [-0.1, -0.05) is 34.2 Å². The van der Waals surface area contributed by atoms with E-state index < -0.39 is 29.2 Å². The Kier molecular flexibility index (Phi) is 7.86. The van der Waals surface area contributed by atoms with Gasteiger partial charge in [0.05, 0.1) is 0 Å². The van der Waals surface area contributed by atoms with Crippen LogP contribution in [0.25, 0.3) is 0 Å². The quantitative estimate of drug-likeness (QED) is 0.129. The van der Waals surface area contributed by atoms with Crippen LogP contribution in [-0.2, 0) is 30.6 Å². The molecule has 36 heavy (non-hydrogen) atoms. The molecular weight excluding hydrogens is 532 g/mol. The van der Waals surface area contributed by atoms with E-state index in [1.165, 1.54) is 16.7 Å². The number of carboxylic acid groups (broad SMARTS) is 1. The second-order valence-electron chi connectivity index (χ2n) is 7.43. The number of hydrogen-bond acceptors (Lipinski definition) is 9. The van der Waals surface area contributed by atoms with Crippen LogP contribution in [0.4, 0.5) is 5.13 Å². The number of aromatic nitrogens is 2. The number of carbonyl (C=O) groups is 4. The Bertz CT molecular complexity index is 1270. The monoisotopic (exact) mass is 551 g/mol. The summed E-state index contributed by atoms with van der Waals surface area (Å²) in [4.78, 5) is 59.2. The number of rotatable bonds is 10. The molecule has 1 unspecified atom stereocenters. The summed E-state index contributed by atoms with van der Waals surface area (Å²) in [6, 6.07) is 4.52. The lowest BCUT2D eigenvalue weighted by Gasteiger charge is -2.49. The summed E-state index contributed by atoms with van der Waals surface area (Å²) in [6.07, 6.45) is 4.03. The maximum absolute atomic E-state index is 13.1. The molecule has 0 bridgehead atoms. The van der Waals surface area contributed by atoms with E-state index in [-0.39, 0.29) is 33.2 Å². The van der Waals surface area contributed by atoms with E-state index in [0.717, 1.165) is 11.3 Å². The summed E-state index contributed by atoms with van der Waals surface area (Å²) < 4.78 is 1.91. The van der Waals surface area contributed by atoms with Gasteiger partial charge < -0.3 is 20.6 Å². The van der Waals surface area contributed by atoms with Crippen LogP contribution in [0.2, 0.25) is 4.34 Å². The Labute approximate surface area is 218 Å². The number of carboxylic acids is 1. The molecular formula is C21H20ClN6O6S2+. The number of β-lactam (4-membered cyclic amide) rings is 1. The largest absolute Gasteiger partial charge is 0.477 e. The standard InChI is InChI=1S/C21H19ClN6O6S2/c1-2-34-26-13(12-16(22)36-21(25-12)23-10-29)17(30)24-14-18(31)28-15(20(32)33)11(9-35-19(14)28)8-27-6-4-3-5-7-27/h3-7,10,14,19H,2,8-9H2,1H3,(H2-,23,24,25,29,30,32,33)/p+1/t14?,19-/m0/s1. The van der Waals surface area contributed by atoms with Crippen molar-refractivity contribution in [1.82, 2.24) is 15.2 Å². The van der Waals surface area contributed by atoms with E-state index in [1.54, 1.807) is 6.92 Å². The fourth-order valence-corrected chi connectivity index (χ4v) is 5.99. The highest BCUT2D eigenvalue weighted by Crippen LogP contribution is 2.40. The molecule has 15 heteroatoms. The van der Waals surface area contributed by atoms with E-state index in [2.05, 4.69) is 20.8 Å². The Morgan fingerprint density at radius 3 is 2.81 bits per heavy atom. The van der Waals surface area contributed by atoms with Crippen molar-refractivity contribution in [3.05, 3.63) is 51.9 Å². The maximum Gasteiger partial charge on any atom is 0.352 e. The third-order valence-corrected chi connectivity index (χ3v) is 7.70. The second kappa shape index (κ2) is 11.1. The molecule has 188 valence electrons. The molecule has 4 heterocycles. The van der Waals surface area contributed by atoms with Crippen molar-refractivity contribution in [3.63, 3.8) is 0 Å². The third-order valence-electron chi connectivity index (χ3n) is 5.18. The number of fused-ring (bicyclic) bond motifs is 1. The van der Waals surface area contributed by atoms with Crippen LogP contribution in [0.3, 0.4) is 0 Å². The summed E-state index contributed by atoms with van der Waals surface area (Å²) in [6.45, 7) is 2.13. The van der Waals surface area contributed by atoms with Crippen molar-refractivity contribution in [2.24, 2.45) is 5.16 Å². The zero-order valence-corrected chi connectivity index (χ0v) is 21.1. The molecule has 12 nitrogen and oxygen atoms in total. The summed E-state index contributed by atoms with van der Waals surface area (Å²) in [5.74, 6) is -2.19. The fourth-order valence-electron chi connectivity index (χ4n) is 3.66. The fraction of sp³-hybridized carbons (Fsp3) is 0.286. The number of halogens is 1. The number of nitrogens with zero attached hydrogens (tertiary/aromatic N) is 4. The van der Waals surface area contributed by atoms with Crippen LogP contribution in [0.15, 0.2) is 47.0 Å². The number of anilines is 1. The lowest BCUT2D eigenvalue weighted by molar-refractivity contribution is -0.689. The van der Waals surface area contributed by atoms with Crippen molar-refractivity contribution >= 4 is 69.7 Å². The summed E-state index contributed by atoms with van der Waals surface area (Å²) in [5, 5.41) is 18.2. The summed E-state index contributed by atoms with van der Waals surface area (Å²) >= 11 is 8.46. The van der Waals surface area contributed by atoms with Gasteiger partial charge in [0, 0.05) is 23.5 Å². The van der Waals surface area contributed by atoms with Crippen molar-refractivity contribution in [1.29, 1.82) is 0 Å². The number of aliphatic carboxylic acids is 1. The Hall–Kier alpha value is -3.49. The van der Waals surface area contributed by atoms with Gasteiger partial charge in [0.2, 0.25) is 6.41 Å². The predicted octanol–water partition coefficient (Wildman–Crippen LogP) is 0.832. The number of amides is 3. The van der Waals surface area contributed by atoms with Gasteiger partial charge in [-0.15, -0.1) is 11.8 Å². The highest BCUT2D eigenvalue weighted by atomic mass is 35.5. The van der Waals surface area contributed by atoms with Crippen molar-refractivity contribution in [3.8, 4) is 0 Å². The number of nitrogens with one attached hydrogen (secondary N) is 2. The highest BCUT2D eigenvalue weighted by Gasteiger charge is 2.54. The molecule has 2 aromatic rings. The molecule has 0 spiro atoms. The lowest BCUT2D eigenvalue weighted by Crippen LogP contribution is -2.71. The zero-order chi connectivity index (χ0) is 25.8. The molecule has 2 aliphatic rings. The normalized spacial score (nSPS) is 19.3. The van der Waals surface area contributed by atoms with Crippen LogP contribution < -0.4 is 15.2 Å². The van der Waals surface area contributed by atoms with Gasteiger partial charge >= 0.3 is 5.97 Å². The molecule has 2 aromatic heterocycles. The molecule has 0 aliphatic carbocycles. The highest BCUT2D eigenvalue weighted by molar-refractivity contribution is 8.00. The predicted molar refractivity (Wildman–Crippen MR) is 131 cm³/mol. The van der Waals surface area contributed by atoms with Gasteiger partial charge in [-0.2, -0.15) is 0 Å². The molecule has 2 aliphatic heterocycles. The summed E-state index contributed by atoms with van der Waals surface area (Å²) in [7, 11) is 0. The van der Waals surface area contributed by atoms with Crippen LogP contribution in [-0.4, -0.2) is 68.7 Å². The van der Waals surface area contributed by atoms with Crippen molar-refractivity contribution < 1.29 is 33.7 Å². The first-order valence-corrected chi connectivity index (χ1v) is 12.8. The minimum Gasteiger partial charge on any atom is -0.477 e. The number of oxime groups is 1. The average Bonchev–Trinajstić information content (AvgIpc) is 3.22. The molecule has 0 radical (unpaired) electrons. The van der Waals surface area contributed by atoms with Crippen molar-refractivity contribution in [2.75, 3.05) is 17.7 Å². The molecule has 0 saturated carbocycles. The SMILES string of the molecule is CCON=C(C(=O)NC1C(=O)N2C(C(=O)O)=C(C[n+]3ccccc3)CS[C@@H]12)c1nc(NC=O)sc1Cl. The number of thioether (sulfide) groups is 1. The minimum absolute atomic E-state index is 0.0230. The van der Waals surface area contributed by atoms with Crippen LogP contribution in [0, 0.1) is 0 Å². The number of carbonyl (C=O) groups excluding carboxylic acids is 3. The van der Waals surface area contributed by atoms with Gasteiger partial charge in [0.1, 0.15) is 33.7 Å². The van der Waals surface area contributed by atoms with E-state index in [0.29, 0.717) is 24.3 Å². The smallest absolute Gasteiger partial charge is 0.352 e. The number of hydrogen-bond donors (Lipinski definition) is 3. The molecule has 1 saturated heterocycles. The van der Waals surface area contributed by atoms with Crippen LogP contribution >= 0.6 is 34.7 Å². The molecule has 2 atom stereocenters. The Balaban J connectivity index is 1.54. The molecule has 3 amide bonds. The molecule has 1 fully saturated rings. The lowest BCUT2D eigenvalue weighted by atomic mass is 10.0. The van der Waals surface area contributed by atoms with E-state index in [1.807, 2.05) is 35.2 Å². The topological polar surface area (TPSA) is 154 Å². The van der Waals surface area contributed by atoms with Crippen molar-refractivity contribution in [2.45, 2.75) is 24.9 Å². The minimum atomic E-state index is -1.21. The number of thiazole rings is 1. The second-order valence-corrected chi connectivity index (χ2v) is 10.1. The van der Waals surface area contributed by atoms with E-state index in [9.17, 15) is 24.3 Å². The molecule has 0 aromatic carbocycles. The Morgan fingerprint density at radius 2 is 2.14 bits per heavy atom. The zero-order valence-electron chi connectivity index (χ0n) is 18.7. The summed E-state index contributed by atoms with van der Waals surface area (Å²) in [5.41, 5.74) is 0.200. The Morgan fingerprint density at radius 1 is 1.39 bits per heavy atom. The molecule has 3 N–H and O–H groups in total. The first kappa shape index (κ1) is 25.6. The first-order valence-electron chi connectivity index (χ1n) is 10.6.